The van der Waals surface area contributed by atoms with Crippen LogP contribution >= 0.6 is 0 Å². The zero-order valence-electron chi connectivity index (χ0n) is 5.96. The van der Waals surface area contributed by atoms with Gasteiger partial charge >= 0.3 is 11.7 Å². The van der Waals surface area contributed by atoms with E-state index in [9.17, 15) is 4.79 Å². The van der Waals surface area contributed by atoms with E-state index in [1.807, 2.05) is 6.92 Å². The minimum Gasteiger partial charge on any atom is -0.464 e. The summed E-state index contributed by atoms with van der Waals surface area (Å²) in [5.74, 6) is -0.126. The molecule has 0 bridgehead atoms. The molecule has 1 aromatic rings. The fraction of sp³-hybridized carbons (Fsp3) is 0.500. The number of hydrogen-bond donors (Lipinski definition) is 0. The van der Waals surface area contributed by atoms with E-state index < -0.39 is 5.76 Å². The highest BCUT2D eigenvalue weighted by Crippen LogP contribution is 2.04. The highest BCUT2D eigenvalue weighted by molar-refractivity contribution is 4.96. The smallest absolute Gasteiger partial charge is 0.421 e. The Hall–Kier alpha value is -1.19. The van der Waals surface area contributed by atoms with Crippen LogP contribution in [0.25, 0.3) is 0 Å². The van der Waals surface area contributed by atoms with Crippen molar-refractivity contribution >= 4 is 0 Å². The van der Waals surface area contributed by atoms with Crippen LogP contribution in [-0.4, -0.2) is 11.2 Å². The summed E-state index contributed by atoms with van der Waals surface area (Å²) in [6.07, 6.45) is 1.51. The third-order valence-electron chi connectivity index (χ3n) is 1.06. The first-order valence-electron chi connectivity index (χ1n) is 3.03. The van der Waals surface area contributed by atoms with Gasteiger partial charge in [-0.15, -0.1) is 0 Å². The predicted molar refractivity (Wildman–Crippen MR) is 35.1 cm³/mol. The number of oxazole rings is 1. The van der Waals surface area contributed by atoms with Crippen LogP contribution in [0.2, 0.25) is 0 Å². The third-order valence-corrected chi connectivity index (χ3v) is 1.06. The molecule has 0 unspecified atom stereocenters. The van der Waals surface area contributed by atoms with E-state index in [-0.39, 0.29) is 5.95 Å². The van der Waals surface area contributed by atoms with Gasteiger partial charge in [0.15, 0.2) is 0 Å². The molecule has 0 aliphatic carbocycles. The van der Waals surface area contributed by atoms with Crippen molar-refractivity contribution in [1.82, 2.24) is 4.57 Å². The second-order valence-corrected chi connectivity index (χ2v) is 1.86. The number of aromatic nitrogens is 1. The van der Waals surface area contributed by atoms with Gasteiger partial charge < -0.3 is 9.15 Å². The van der Waals surface area contributed by atoms with Gasteiger partial charge in [0, 0.05) is 7.05 Å². The number of hydrogen-bond acceptors (Lipinski definition) is 3. The lowest BCUT2D eigenvalue weighted by Crippen LogP contribution is -2.07. The van der Waals surface area contributed by atoms with E-state index in [2.05, 4.69) is 4.42 Å². The van der Waals surface area contributed by atoms with Gasteiger partial charge in [-0.25, -0.2) is 4.79 Å². The van der Waals surface area contributed by atoms with E-state index in [0.717, 1.165) is 0 Å². The number of nitrogens with zero attached hydrogens (tertiary/aromatic N) is 1. The summed E-state index contributed by atoms with van der Waals surface area (Å²) in [5, 5.41) is 0. The van der Waals surface area contributed by atoms with Gasteiger partial charge in [0.1, 0.15) is 0 Å². The Morgan fingerprint density at radius 3 is 2.90 bits per heavy atom. The summed E-state index contributed by atoms with van der Waals surface area (Å²) in [6, 6.07) is 0. The summed E-state index contributed by atoms with van der Waals surface area (Å²) in [4.78, 5) is 10.6. The van der Waals surface area contributed by atoms with Crippen LogP contribution in [0, 0.1) is 0 Å². The van der Waals surface area contributed by atoms with E-state index in [0.29, 0.717) is 6.61 Å². The summed E-state index contributed by atoms with van der Waals surface area (Å²) < 4.78 is 10.9. The lowest BCUT2D eigenvalue weighted by Gasteiger charge is -1.91. The van der Waals surface area contributed by atoms with Gasteiger partial charge in [-0.2, -0.15) is 0 Å². The van der Waals surface area contributed by atoms with Gasteiger partial charge in [0.25, 0.3) is 0 Å². The number of rotatable bonds is 2. The molecule has 0 amide bonds. The summed E-state index contributed by atoms with van der Waals surface area (Å²) in [7, 11) is 1.61. The highest BCUT2D eigenvalue weighted by atomic mass is 16.6. The third kappa shape index (κ3) is 1.21. The average Bonchev–Trinajstić information content (AvgIpc) is 2.14. The fourth-order valence-corrected chi connectivity index (χ4v) is 0.604. The van der Waals surface area contributed by atoms with Crippen LogP contribution in [0.3, 0.4) is 0 Å². The van der Waals surface area contributed by atoms with Crippen molar-refractivity contribution < 1.29 is 9.15 Å². The first kappa shape index (κ1) is 6.92. The van der Waals surface area contributed by atoms with Crippen LogP contribution in [0.1, 0.15) is 6.92 Å². The van der Waals surface area contributed by atoms with E-state index in [1.54, 1.807) is 7.05 Å². The van der Waals surface area contributed by atoms with Gasteiger partial charge in [-0.05, 0) is 6.92 Å². The minimum absolute atomic E-state index is 0.273. The Balaban J connectivity index is 2.88. The zero-order valence-corrected chi connectivity index (χ0v) is 5.96. The molecule has 0 N–H and O–H groups in total. The molecule has 1 aromatic heterocycles. The van der Waals surface area contributed by atoms with Crippen LogP contribution in [0.5, 0.6) is 5.95 Å². The predicted octanol–water partition coefficient (Wildman–Crippen LogP) is 0.377. The Labute approximate surface area is 58.0 Å². The first-order chi connectivity index (χ1) is 4.74. The van der Waals surface area contributed by atoms with Crippen molar-refractivity contribution in [3.63, 3.8) is 0 Å². The molecule has 0 saturated carbocycles. The molecule has 4 nitrogen and oxygen atoms in total. The molecular weight excluding hydrogens is 134 g/mol. The van der Waals surface area contributed by atoms with Crippen molar-refractivity contribution in [3.8, 4) is 5.95 Å². The summed E-state index contributed by atoms with van der Waals surface area (Å²) in [6.45, 7) is 2.33. The summed E-state index contributed by atoms with van der Waals surface area (Å²) >= 11 is 0. The van der Waals surface area contributed by atoms with Gasteiger partial charge in [-0.3, -0.25) is 4.57 Å². The second-order valence-electron chi connectivity index (χ2n) is 1.86. The molecule has 4 heteroatoms. The maximum absolute atomic E-state index is 10.6. The van der Waals surface area contributed by atoms with Crippen molar-refractivity contribution in [1.29, 1.82) is 0 Å². The Kier molecular flexibility index (Phi) is 1.80. The van der Waals surface area contributed by atoms with E-state index in [4.69, 9.17) is 4.74 Å². The standard InChI is InChI=1S/C6H9NO3/c1-3-9-5-4-7(2)6(8)10-5/h4H,3H2,1-2H3. The van der Waals surface area contributed by atoms with Crippen molar-refractivity contribution in [2.75, 3.05) is 6.61 Å². The van der Waals surface area contributed by atoms with Gasteiger partial charge in [-0.1, -0.05) is 0 Å². The van der Waals surface area contributed by atoms with E-state index >= 15 is 0 Å². The molecule has 0 aliphatic heterocycles. The lowest BCUT2D eigenvalue weighted by atomic mass is 10.8. The zero-order chi connectivity index (χ0) is 7.56. The van der Waals surface area contributed by atoms with Crippen LogP contribution < -0.4 is 10.5 Å². The molecule has 0 fully saturated rings. The van der Waals surface area contributed by atoms with Gasteiger partial charge in [0.2, 0.25) is 0 Å². The molecule has 0 atom stereocenters. The molecule has 1 rings (SSSR count). The Bertz CT molecular complexity index is 260. The van der Waals surface area contributed by atoms with Crippen molar-refractivity contribution in [3.05, 3.63) is 16.7 Å². The molecule has 56 valence electrons. The van der Waals surface area contributed by atoms with Crippen LogP contribution in [-0.2, 0) is 7.05 Å². The summed E-state index contributed by atoms with van der Waals surface area (Å²) in [5.41, 5.74) is 0. The maximum Gasteiger partial charge on any atom is 0.421 e. The van der Waals surface area contributed by atoms with E-state index in [1.165, 1.54) is 10.8 Å². The molecule has 0 aromatic carbocycles. The molecule has 0 spiro atoms. The molecule has 1 heterocycles. The normalized spacial score (nSPS) is 9.80. The van der Waals surface area contributed by atoms with Gasteiger partial charge in [0.05, 0.1) is 12.8 Å². The average molecular weight is 143 g/mol. The topological polar surface area (TPSA) is 44.4 Å². The minimum atomic E-state index is -0.400. The largest absolute Gasteiger partial charge is 0.464 e. The first-order valence-corrected chi connectivity index (χ1v) is 3.03. The SMILES string of the molecule is CCOc1cn(C)c(=O)o1. The van der Waals surface area contributed by atoms with Crippen LogP contribution in [0.4, 0.5) is 0 Å². The van der Waals surface area contributed by atoms with Crippen molar-refractivity contribution in [2.24, 2.45) is 7.05 Å². The number of ether oxygens (including phenoxy) is 1. The molecule has 0 radical (unpaired) electrons. The maximum atomic E-state index is 10.6. The Morgan fingerprint density at radius 1 is 1.80 bits per heavy atom. The molecule has 0 aliphatic rings. The Morgan fingerprint density at radius 2 is 2.50 bits per heavy atom. The molecular formula is C6H9NO3. The highest BCUT2D eigenvalue weighted by Gasteiger charge is 2.00. The number of aryl methyl sites for hydroxylation is 1. The quantitative estimate of drug-likeness (QED) is 0.601. The second kappa shape index (κ2) is 2.60. The lowest BCUT2D eigenvalue weighted by molar-refractivity contribution is 0.250. The van der Waals surface area contributed by atoms with Crippen LogP contribution in [0.15, 0.2) is 15.4 Å². The monoisotopic (exact) mass is 143 g/mol. The van der Waals surface area contributed by atoms with Crippen molar-refractivity contribution in [2.45, 2.75) is 6.92 Å². The fourth-order valence-electron chi connectivity index (χ4n) is 0.604. The molecule has 10 heavy (non-hydrogen) atoms. The molecule has 0 saturated heterocycles.